The Bertz CT molecular complexity index is 385. The summed E-state index contributed by atoms with van der Waals surface area (Å²) in [5.41, 5.74) is 0.752. The maximum Gasteiger partial charge on any atom is 0.222 e. The van der Waals surface area contributed by atoms with Crippen LogP contribution in [-0.2, 0) is 15.1 Å². The second kappa shape index (κ2) is 7.29. The van der Waals surface area contributed by atoms with Crippen LogP contribution in [-0.4, -0.2) is 19.1 Å². The number of rotatable bonds is 7. The molecule has 0 spiro atoms. The third-order valence-corrected chi connectivity index (χ3v) is 2.87. The fourth-order valence-electron chi connectivity index (χ4n) is 1.82. The summed E-state index contributed by atoms with van der Waals surface area (Å²) < 4.78 is 5.43. The molecule has 0 aliphatic rings. The lowest BCUT2D eigenvalue weighted by Crippen LogP contribution is -2.41. The largest absolute Gasteiger partial charge is 0.381 e. The number of hydrogen-bond acceptors (Lipinski definition) is 2. The van der Waals surface area contributed by atoms with Crippen molar-refractivity contribution in [3.63, 3.8) is 0 Å². The van der Waals surface area contributed by atoms with E-state index in [4.69, 9.17) is 4.74 Å². The van der Waals surface area contributed by atoms with Gasteiger partial charge in [-0.25, -0.2) is 0 Å². The summed E-state index contributed by atoms with van der Waals surface area (Å²) in [4.78, 5) is 11.9. The zero-order chi connectivity index (χ0) is 14.3. The van der Waals surface area contributed by atoms with Gasteiger partial charge in [0, 0.05) is 13.0 Å². The second-order valence-electron chi connectivity index (χ2n) is 5.76. The maximum absolute atomic E-state index is 11.9. The normalized spacial score (nSPS) is 11.6. The molecule has 1 aromatic carbocycles. The first kappa shape index (κ1) is 15.7. The lowest BCUT2D eigenvalue weighted by atomic mass is 9.94. The Morgan fingerprint density at radius 3 is 2.47 bits per heavy atom. The van der Waals surface area contributed by atoms with Crippen LogP contribution in [0, 0.1) is 5.92 Å². The molecule has 0 aliphatic carbocycles. The molecule has 1 amide bonds. The van der Waals surface area contributed by atoms with E-state index in [2.05, 4.69) is 19.2 Å². The molecule has 1 N–H and O–H groups in total. The first-order chi connectivity index (χ1) is 8.92. The highest BCUT2D eigenvalue weighted by Gasteiger charge is 2.22. The number of ether oxygens (including phenoxy) is 1. The highest BCUT2D eigenvalue weighted by Crippen LogP contribution is 2.19. The minimum Gasteiger partial charge on any atom is -0.381 e. The van der Waals surface area contributed by atoms with Gasteiger partial charge in [0.2, 0.25) is 5.91 Å². The van der Waals surface area contributed by atoms with Crippen LogP contribution >= 0.6 is 0 Å². The summed E-state index contributed by atoms with van der Waals surface area (Å²) in [6.45, 7) is 9.39. The van der Waals surface area contributed by atoms with E-state index in [1.165, 1.54) is 0 Å². The summed E-state index contributed by atoms with van der Waals surface area (Å²) in [5, 5.41) is 3.04. The van der Waals surface area contributed by atoms with Gasteiger partial charge in [-0.15, -0.1) is 0 Å². The molecule has 0 aliphatic heterocycles. The molecule has 0 aromatic heterocycles. The fraction of sp³-hybridized carbons (Fsp3) is 0.562. The van der Waals surface area contributed by atoms with Crippen molar-refractivity contribution < 1.29 is 9.53 Å². The molecule has 106 valence electrons. The number of nitrogens with one attached hydrogen (secondary N) is 1. The summed E-state index contributed by atoms with van der Waals surface area (Å²) in [6.07, 6.45) is 0.406. The van der Waals surface area contributed by atoms with Crippen molar-refractivity contribution in [1.82, 2.24) is 5.32 Å². The summed E-state index contributed by atoms with van der Waals surface area (Å²) in [5.74, 6) is 0.529. The molecular formula is C16H25NO2. The van der Waals surface area contributed by atoms with E-state index in [1.807, 2.05) is 44.2 Å². The Hall–Kier alpha value is -1.35. The minimum atomic E-state index is -0.351. The smallest absolute Gasteiger partial charge is 0.222 e. The second-order valence-corrected chi connectivity index (χ2v) is 5.76. The van der Waals surface area contributed by atoms with Crippen molar-refractivity contribution >= 4 is 5.91 Å². The van der Waals surface area contributed by atoms with Crippen LogP contribution in [0.3, 0.4) is 0 Å². The molecule has 0 unspecified atom stereocenters. The predicted molar refractivity (Wildman–Crippen MR) is 77.9 cm³/mol. The third-order valence-electron chi connectivity index (χ3n) is 2.87. The average Bonchev–Trinajstić information content (AvgIpc) is 2.35. The lowest BCUT2D eigenvalue weighted by Gasteiger charge is -2.27. The van der Waals surface area contributed by atoms with Crippen LogP contribution in [0.1, 0.15) is 39.7 Å². The van der Waals surface area contributed by atoms with E-state index < -0.39 is 0 Å². The van der Waals surface area contributed by atoms with Crippen LogP contribution in [0.4, 0.5) is 0 Å². The Morgan fingerprint density at radius 2 is 1.89 bits per heavy atom. The molecule has 0 heterocycles. The van der Waals surface area contributed by atoms with Crippen LogP contribution in [0.15, 0.2) is 30.3 Å². The van der Waals surface area contributed by atoms with E-state index in [-0.39, 0.29) is 11.4 Å². The number of hydrogen-bond donors (Lipinski definition) is 1. The monoisotopic (exact) mass is 263 g/mol. The van der Waals surface area contributed by atoms with Gasteiger partial charge < -0.3 is 10.1 Å². The molecule has 0 atom stereocenters. The summed E-state index contributed by atoms with van der Waals surface area (Å²) in [7, 11) is 0. The Morgan fingerprint density at radius 1 is 1.26 bits per heavy atom. The number of carbonyl (C=O) groups excluding carboxylic acids is 1. The molecule has 0 saturated carbocycles. The van der Waals surface area contributed by atoms with Crippen LogP contribution in [0.25, 0.3) is 0 Å². The van der Waals surface area contributed by atoms with E-state index in [0.717, 1.165) is 5.56 Å². The highest BCUT2D eigenvalue weighted by atomic mass is 16.5. The lowest BCUT2D eigenvalue weighted by molar-refractivity contribution is -0.124. The molecule has 3 heteroatoms. The zero-order valence-electron chi connectivity index (χ0n) is 12.4. The van der Waals surface area contributed by atoms with Gasteiger partial charge in [-0.3, -0.25) is 4.79 Å². The standard InChI is InChI=1S/C16H25NO2/c1-13(2)12-19-11-10-15(18)17-16(3,4)14-8-6-5-7-9-14/h5-9,13H,10-12H2,1-4H3,(H,17,18). The highest BCUT2D eigenvalue weighted by molar-refractivity contribution is 5.77. The van der Waals surface area contributed by atoms with E-state index in [1.54, 1.807) is 0 Å². The topological polar surface area (TPSA) is 38.3 Å². The Kier molecular flexibility index (Phi) is 6.03. The van der Waals surface area contributed by atoms with E-state index in [0.29, 0.717) is 25.6 Å². The molecule has 0 radical (unpaired) electrons. The Labute approximate surface area is 116 Å². The first-order valence-electron chi connectivity index (χ1n) is 6.86. The molecule has 0 fully saturated rings. The zero-order valence-corrected chi connectivity index (χ0v) is 12.4. The van der Waals surface area contributed by atoms with Crippen molar-refractivity contribution in [3.8, 4) is 0 Å². The van der Waals surface area contributed by atoms with Crippen molar-refractivity contribution in [2.75, 3.05) is 13.2 Å². The molecular weight excluding hydrogens is 238 g/mol. The van der Waals surface area contributed by atoms with Gasteiger partial charge in [0.05, 0.1) is 12.1 Å². The fourth-order valence-corrected chi connectivity index (χ4v) is 1.82. The maximum atomic E-state index is 11.9. The number of carbonyl (C=O) groups is 1. The van der Waals surface area contributed by atoms with E-state index >= 15 is 0 Å². The van der Waals surface area contributed by atoms with E-state index in [9.17, 15) is 4.79 Å². The van der Waals surface area contributed by atoms with Gasteiger partial charge in [-0.2, -0.15) is 0 Å². The van der Waals surface area contributed by atoms with Gasteiger partial charge in [0.25, 0.3) is 0 Å². The van der Waals surface area contributed by atoms with Crippen molar-refractivity contribution in [2.45, 2.75) is 39.7 Å². The molecule has 0 saturated heterocycles. The van der Waals surface area contributed by atoms with Crippen molar-refractivity contribution in [2.24, 2.45) is 5.92 Å². The molecule has 1 rings (SSSR count). The van der Waals surface area contributed by atoms with Gasteiger partial charge in [0.15, 0.2) is 0 Å². The molecule has 0 bridgehead atoms. The van der Waals surface area contributed by atoms with Crippen LogP contribution in [0.2, 0.25) is 0 Å². The summed E-state index contributed by atoms with van der Waals surface area (Å²) >= 11 is 0. The first-order valence-corrected chi connectivity index (χ1v) is 6.86. The average molecular weight is 263 g/mol. The van der Waals surface area contributed by atoms with Crippen LogP contribution < -0.4 is 5.32 Å². The molecule has 3 nitrogen and oxygen atoms in total. The molecule has 1 aromatic rings. The quantitative estimate of drug-likeness (QED) is 0.768. The van der Waals surface area contributed by atoms with Crippen molar-refractivity contribution in [1.29, 1.82) is 0 Å². The Balaban J connectivity index is 2.39. The van der Waals surface area contributed by atoms with Gasteiger partial charge in [-0.05, 0) is 25.3 Å². The summed E-state index contributed by atoms with van der Waals surface area (Å²) in [6, 6.07) is 9.98. The van der Waals surface area contributed by atoms with Gasteiger partial charge in [0.1, 0.15) is 0 Å². The SMILES string of the molecule is CC(C)COCCC(=O)NC(C)(C)c1ccccc1. The molecule has 19 heavy (non-hydrogen) atoms. The predicted octanol–water partition coefficient (Wildman–Crippen LogP) is 3.10. The van der Waals surface area contributed by atoms with Gasteiger partial charge >= 0.3 is 0 Å². The number of benzene rings is 1. The van der Waals surface area contributed by atoms with Crippen LogP contribution in [0.5, 0.6) is 0 Å². The minimum absolute atomic E-state index is 0.0256. The van der Waals surface area contributed by atoms with Gasteiger partial charge in [-0.1, -0.05) is 44.2 Å². The van der Waals surface area contributed by atoms with Crippen molar-refractivity contribution in [3.05, 3.63) is 35.9 Å². The third kappa shape index (κ3) is 5.88. The number of amides is 1.